The highest BCUT2D eigenvalue weighted by Gasteiger charge is 2.33. The first kappa shape index (κ1) is 12.6. The molecule has 2 rings (SSSR count). The van der Waals surface area contributed by atoms with Gasteiger partial charge in [0.15, 0.2) is 0 Å². The van der Waals surface area contributed by atoms with Gasteiger partial charge < -0.3 is 0 Å². The maximum Gasteiger partial charge on any atom is 0.417 e. The molecule has 0 N–H and O–H groups in total. The van der Waals surface area contributed by atoms with Crippen LogP contribution in [0, 0.1) is 0 Å². The molecule has 1 aromatic carbocycles. The predicted octanol–water partition coefficient (Wildman–Crippen LogP) is 4.33. The minimum Gasteiger partial charge on any atom is -0.256 e. The fraction of sp³-hybridized carbons (Fsp3) is 0.214. The van der Waals surface area contributed by atoms with Crippen LogP contribution in [-0.4, -0.2) is 4.98 Å². The molecule has 1 heterocycles. The summed E-state index contributed by atoms with van der Waals surface area (Å²) in [5.41, 5.74) is 0.817. The van der Waals surface area contributed by atoms with Crippen LogP contribution in [0.3, 0.4) is 0 Å². The van der Waals surface area contributed by atoms with E-state index in [9.17, 15) is 13.2 Å². The molecule has 0 radical (unpaired) electrons. The van der Waals surface area contributed by atoms with Crippen molar-refractivity contribution < 1.29 is 13.2 Å². The fourth-order valence-corrected chi connectivity index (χ4v) is 1.75. The Bertz CT molecular complexity index is 529. The first-order valence-electron chi connectivity index (χ1n) is 5.64. The van der Waals surface area contributed by atoms with Gasteiger partial charge in [0.1, 0.15) is 0 Å². The number of halogens is 3. The Morgan fingerprint density at radius 2 is 1.78 bits per heavy atom. The topological polar surface area (TPSA) is 12.9 Å². The van der Waals surface area contributed by atoms with E-state index in [-0.39, 0.29) is 5.56 Å². The molecule has 94 valence electrons. The molecule has 0 fully saturated rings. The summed E-state index contributed by atoms with van der Waals surface area (Å²) < 4.78 is 38.6. The van der Waals surface area contributed by atoms with Crippen LogP contribution in [0.1, 0.15) is 18.1 Å². The lowest BCUT2D eigenvalue weighted by Gasteiger charge is -2.12. The number of hydrogen-bond acceptors (Lipinski definition) is 1. The Morgan fingerprint density at radius 3 is 2.33 bits per heavy atom. The van der Waals surface area contributed by atoms with Gasteiger partial charge in [-0.1, -0.05) is 31.2 Å². The van der Waals surface area contributed by atoms with Gasteiger partial charge in [-0.05, 0) is 24.1 Å². The van der Waals surface area contributed by atoms with Crippen LogP contribution >= 0.6 is 0 Å². The van der Waals surface area contributed by atoms with Gasteiger partial charge in [-0.15, -0.1) is 0 Å². The molecule has 0 aliphatic carbocycles. The Balaban J connectivity index is 2.50. The van der Waals surface area contributed by atoms with Crippen molar-refractivity contribution in [3.8, 4) is 11.3 Å². The first-order valence-corrected chi connectivity index (χ1v) is 5.64. The number of pyridine rings is 1. The van der Waals surface area contributed by atoms with Gasteiger partial charge in [0.25, 0.3) is 0 Å². The van der Waals surface area contributed by atoms with E-state index >= 15 is 0 Å². The lowest BCUT2D eigenvalue weighted by molar-refractivity contribution is -0.137. The van der Waals surface area contributed by atoms with Crippen LogP contribution in [0.5, 0.6) is 0 Å². The molecule has 0 spiro atoms. The van der Waals surface area contributed by atoms with Crippen molar-refractivity contribution in [2.24, 2.45) is 0 Å². The number of alkyl halides is 3. The molecule has 1 aromatic heterocycles. The Hall–Kier alpha value is -1.84. The Labute approximate surface area is 103 Å². The van der Waals surface area contributed by atoms with E-state index in [1.807, 2.05) is 6.92 Å². The third-order valence-electron chi connectivity index (χ3n) is 2.74. The van der Waals surface area contributed by atoms with Crippen LogP contribution in [0.25, 0.3) is 11.3 Å². The summed E-state index contributed by atoms with van der Waals surface area (Å²) in [4.78, 5) is 4.09. The molecule has 0 aliphatic heterocycles. The van der Waals surface area contributed by atoms with Crippen LogP contribution in [0.4, 0.5) is 13.2 Å². The number of rotatable bonds is 2. The molecule has 4 heteroatoms. The Kier molecular flexibility index (Phi) is 3.36. The predicted molar refractivity (Wildman–Crippen MR) is 64.1 cm³/mol. The standard InChI is InChI=1S/C14H12F3N/c1-2-10-7-8-13(18-9-10)11-5-3-4-6-12(11)14(15,16)17/h3-9H,2H2,1H3. The fourth-order valence-electron chi connectivity index (χ4n) is 1.75. The summed E-state index contributed by atoms with van der Waals surface area (Å²) >= 11 is 0. The number of nitrogens with zero attached hydrogens (tertiary/aromatic N) is 1. The van der Waals surface area contributed by atoms with Crippen LogP contribution < -0.4 is 0 Å². The van der Waals surface area contributed by atoms with Gasteiger partial charge in [-0.25, -0.2) is 0 Å². The summed E-state index contributed by atoms with van der Waals surface area (Å²) in [5, 5.41) is 0. The van der Waals surface area contributed by atoms with Gasteiger partial charge in [-0.2, -0.15) is 13.2 Å². The first-order chi connectivity index (χ1) is 8.52. The van der Waals surface area contributed by atoms with Gasteiger partial charge in [0.2, 0.25) is 0 Å². The van der Waals surface area contributed by atoms with Gasteiger partial charge in [0.05, 0.1) is 11.3 Å². The third kappa shape index (κ3) is 2.53. The third-order valence-corrected chi connectivity index (χ3v) is 2.74. The molecule has 1 nitrogen and oxygen atoms in total. The summed E-state index contributed by atoms with van der Waals surface area (Å²) in [6.07, 6.45) is -1.93. The zero-order valence-corrected chi connectivity index (χ0v) is 9.83. The summed E-state index contributed by atoms with van der Waals surface area (Å²) in [6, 6.07) is 8.91. The zero-order chi connectivity index (χ0) is 13.2. The average molecular weight is 251 g/mol. The van der Waals surface area contributed by atoms with Crippen molar-refractivity contribution in [2.45, 2.75) is 19.5 Å². The maximum atomic E-state index is 12.9. The summed E-state index contributed by atoms with van der Waals surface area (Å²) in [6.45, 7) is 1.97. The van der Waals surface area contributed by atoms with Crippen molar-refractivity contribution in [1.82, 2.24) is 4.98 Å². The largest absolute Gasteiger partial charge is 0.417 e. The second-order valence-corrected chi connectivity index (χ2v) is 3.95. The van der Waals surface area contributed by atoms with E-state index < -0.39 is 11.7 Å². The van der Waals surface area contributed by atoms with Crippen LogP contribution in [-0.2, 0) is 12.6 Å². The highest BCUT2D eigenvalue weighted by Crippen LogP contribution is 2.36. The van der Waals surface area contributed by atoms with Crippen molar-refractivity contribution in [2.75, 3.05) is 0 Å². The van der Waals surface area contributed by atoms with Gasteiger partial charge in [0, 0.05) is 11.8 Å². The molecular formula is C14H12F3N. The number of hydrogen-bond donors (Lipinski definition) is 0. The SMILES string of the molecule is CCc1ccc(-c2ccccc2C(F)(F)F)nc1. The lowest BCUT2D eigenvalue weighted by atomic mass is 10.0. The maximum absolute atomic E-state index is 12.9. The van der Waals surface area contributed by atoms with Gasteiger partial charge >= 0.3 is 6.18 Å². The second kappa shape index (κ2) is 4.80. The molecule has 0 amide bonds. The molecule has 0 aliphatic rings. The molecular weight excluding hydrogens is 239 g/mol. The number of aryl methyl sites for hydroxylation is 1. The monoisotopic (exact) mass is 251 g/mol. The zero-order valence-electron chi connectivity index (χ0n) is 9.83. The van der Waals surface area contributed by atoms with E-state index in [4.69, 9.17) is 0 Å². The normalized spacial score (nSPS) is 11.6. The van der Waals surface area contributed by atoms with E-state index in [0.717, 1.165) is 18.1 Å². The Morgan fingerprint density at radius 1 is 1.06 bits per heavy atom. The molecule has 0 saturated heterocycles. The van der Waals surface area contributed by atoms with Crippen LogP contribution in [0.2, 0.25) is 0 Å². The van der Waals surface area contributed by atoms with Crippen molar-refractivity contribution in [3.05, 3.63) is 53.7 Å². The molecule has 0 unspecified atom stereocenters. The molecule has 0 atom stereocenters. The number of benzene rings is 1. The van der Waals surface area contributed by atoms with Crippen molar-refractivity contribution in [3.63, 3.8) is 0 Å². The second-order valence-electron chi connectivity index (χ2n) is 3.95. The highest BCUT2D eigenvalue weighted by atomic mass is 19.4. The van der Waals surface area contributed by atoms with E-state index in [0.29, 0.717) is 5.69 Å². The van der Waals surface area contributed by atoms with E-state index in [1.165, 1.54) is 12.1 Å². The van der Waals surface area contributed by atoms with E-state index in [1.54, 1.807) is 24.4 Å². The van der Waals surface area contributed by atoms with Gasteiger partial charge in [-0.3, -0.25) is 4.98 Å². The quantitative estimate of drug-likeness (QED) is 0.774. The van der Waals surface area contributed by atoms with Crippen molar-refractivity contribution in [1.29, 1.82) is 0 Å². The average Bonchev–Trinajstić information content (AvgIpc) is 2.38. The summed E-state index contributed by atoms with van der Waals surface area (Å²) in [7, 11) is 0. The molecule has 0 bridgehead atoms. The van der Waals surface area contributed by atoms with E-state index in [2.05, 4.69) is 4.98 Å². The van der Waals surface area contributed by atoms with Crippen LogP contribution in [0.15, 0.2) is 42.6 Å². The highest BCUT2D eigenvalue weighted by molar-refractivity contribution is 5.64. The minimum atomic E-state index is -4.36. The summed E-state index contributed by atoms with van der Waals surface area (Å²) in [5.74, 6) is 0. The number of aromatic nitrogens is 1. The molecule has 18 heavy (non-hydrogen) atoms. The van der Waals surface area contributed by atoms with Crippen molar-refractivity contribution >= 4 is 0 Å². The molecule has 0 saturated carbocycles. The smallest absolute Gasteiger partial charge is 0.256 e. The lowest BCUT2D eigenvalue weighted by Crippen LogP contribution is -2.07. The molecule has 2 aromatic rings. The minimum absolute atomic E-state index is 0.118.